The van der Waals surface area contributed by atoms with Crippen molar-refractivity contribution in [2.24, 2.45) is 0 Å². The number of nitrogens with zero attached hydrogens (tertiary/aromatic N) is 3. The summed E-state index contributed by atoms with van der Waals surface area (Å²) in [6, 6.07) is 10.6. The number of benzene rings is 1. The zero-order valence-electron chi connectivity index (χ0n) is 20.1. The minimum absolute atomic E-state index is 0.160. The Morgan fingerprint density at radius 2 is 2.03 bits per heavy atom. The van der Waals surface area contributed by atoms with Crippen LogP contribution < -0.4 is 9.64 Å². The minimum atomic E-state index is -0.293. The van der Waals surface area contributed by atoms with E-state index >= 15 is 0 Å². The minimum Gasteiger partial charge on any atom is -0.493 e. The van der Waals surface area contributed by atoms with Gasteiger partial charge < -0.3 is 14.4 Å². The van der Waals surface area contributed by atoms with Crippen LogP contribution in [0.4, 0.5) is 5.82 Å². The molecule has 0 amide bonds. The number of carbonyl (C=O) groups excluding carboxylic acids is 1. The maximum atomic E-state index is 12.8. The molecular formula is C26H37N3O3. The predicted molar refractivity (Wildman–Crippen MR) is 128 cm³/mol. The van der Waals surface area contributed by atoms with E-state index in [4.69, 9.17) is 9.47 Å². The van der Waals surface area contributed by atoms with Gasteiger partial charge in [0, 0.05) is 37.4 Å². The van der Waals surface area contributed by atoms with Gasteiger partial charge >= 0.3 is 5.97 Å². The highest BCUT2D eigenvalue weighted by molar-refractivity contribution is 5.96. The smallest absolute Gasteiger partial charge is 0.342 e. The summed E-state index contributed by atoms with van der Waals surface area (Å²) < 4.78 is 11.5. The Kier molecular flexibility index (Phi) is 8.51. The number of hydrogen-bond donors (Lipinski definition) is 0. The fourth-order valence-electron chi connectivity index (χ4n) is 4.25. The van der Waals surface area contributed by atoms with E-state index in [2.05, 4.69) is 46.8 Å². The van der Waals surface area contributed by atoms with Gasteiger partial charge in [-0.1, -0.05) is 32.0 Å². The molecule has 174 valence electrons. The van der Waals surface area contributed by atoms with Crippen LogP contribution in [0.25, 0.3) is 0 Å². The van der Waals surface area contributed by atoms with Crippen LogP contribution in [-0.4, -0.2) is 54.2 Å². The lowest BCUT2D eigenvalue weighted by atomic mass is 10.1. The maximum absolute atomic E-state index is 12.8. The third-order valence-corrected chi connectivity index (χ3v) is 5.88. The second kappa shape index (κ2) is 11.3. The van der Waals surface area contributed by atoms with Crippen LogP contribution in [0.3, 0.4) is 0 Å². The number of para-hydroxylation sites is 1. The lowest BCUT2D eigenvalue weighted by molar-refractivity contribution is 0.0377. The van der Waals surface area contributed by atoms with Gasteiger partial charge in [-0.25, -0.2) is 9.78 Å². The number of esters is 1. The summed E-state index contributed by atoms with van der Waals surface area (Å²) >= 11 is 0. The van der Waals surface area contributed by atoms with Gasteiger partial charge in [0.25, 0.3) is 0 Å². The Balaban J connectivity index is 1.75. The SMILES string of the molecule is CCCOc1ccccc1CN(CC)[C@@H]1CCN(c2nccc(C)c2C(=O)OC(C)C)C1. The molecule has 6 heteroatoms. The highest BCUT2D eigenvalue weighted by Gasteiger charge is 2.31. The summed E-state index contributed by atoms with van der Waals surface area (Å²) in [5, 5.41) is 0. The van der Waals surface area contributed by atoms with Crippen molar-refractivity contribution >= 4 is 11.8 Å². The van der Waals surface area contributed by atoms with Crippen LogP contribution in [0.5, 0.6) is 5.75 Å². The lowest BCUT2D eigenvalue weighted by Gasteiger charge is -2.29. The highest BCUT2D eigenvalue weighted by atomic mass is 16.5. The maximum Gasteiger partial charge on any atom is 0.342 e. The highest BCUT2D eigenvalue weighted by Crippen LogP contribution is 2.29. The molecule has 1 fully saturated rings. The van der Waals surface area contributed by atoms with Crippen molar-refractivity contribution in [3.63, 3.8) is 0 Å². The third kappa shape index (κ3) is 5.80. The molecule has 0 unspecified atom stereocenters. The van der Waals surface area contributed by atoms with E-state index in [0.717, 1.165) is 62.8 Å². The molecule has 1 aromatic heterocycles. The van der Waals surface area contributed by atoms with Crippen LogP contribution in [0.15, 0.2) is 36.5 Å². The molecule has 0 spiro atoms. The molecule has 1 aliphatic heterocycles. The average Bonchev–Trinajstić information content (AvgIpc) is 3.25. The Morgan fingerprint density at radius 3 is 2.75 bits per heavy atom. The van der Waals surface area contributed by atoms with E-state index < -0.39 is 0 Å². The van der Waals surface area contributed by atoms with Crippen LogP contribution in [0.1, 0.15) is 62.0 Å². The van der Waals surface area contributed by atoms with Gasteiger partial charge in [0.05, 0.1) is 12.7 Å². The van der Waals surface area contributed by atoms with Gasteiger partial charge in [-0.05, 0) is 57.9 Å². The summed E-state index contributed by atoms with van der Waals surface area (Å²) in [7, 11) is 0. The number of hydrogen-bond acceptors (Lipinski definition) is 6. The summed E-state index contributed by atoms with van der Waals surface area (Å²) in [5.74, 6) is 1.42. The number of likely N-dealkylation sites (N-methyl/N-ethyl adjacent to an activating group) is 1. The topological polar surface area (TPSA) is 54.9 Å². The average molecular weight is 440 g/mol. The summed E-state index contributed by atoms with van der Waals surface area (Å²) in [5.41, 5.74) is 2.71. The Hall–Kier alpha value is -2.60. The van der Waals surface area contributed by atoms with E-state index in [1.807, 2.05) is 32.9 Å². The van der Waals surface area contributed by atoms with Crippen molar-refractivity contribution in [1.29, 1.82) is 0 Å². The Morgan fingerprint density at radius 1 is 1.25 bits per heavy atom. The third-order valence-electron chi connectivity index (χ3n) is 5.88. The van der Waals surface area contributed by atoms with E-state index in [9.17, 15) is 4.79 Å². The van der Waals surface area contributed by atoms with Gasteiger partial charge in [0.2, 0.25) is 0 Å². The van der Waals surface area contributed by atoms with Crippen molar-refractivity contribution in [3.05, 3.63) is 53.2 Å². The first-order valence-corrected chi connectivity index (χ1v) is 11.8. The number of rotatable bonds is 10. The van der Waals surface area contributed by atoms with E-state index in [-0.39, 0.29) is 12.1 Å². The van der Waals surface area contributed by atoms with Gasteiger partial charge in [-0.2, -0.15) is 0 Å². The van der Waals surface area contributed by atoms with Crippen molar-refractivity contribution in [2.45, 2.75) is 66.2 Å². The van der Waals surface area contributed by atoms with Crippen molar-refractivity contribution in [1.82, 2.24) is 9.88 Å². The monoisotopic (exact) mass is 439 g/mol. The van der Waals surface area contributed by atoms with Crippen LogP contribution in [0, 0.1) is 6.92 Å². The molecule has 1 aromatic carbocycles. The molecule has 2 aromatic rings. The number of aromatic nitrogens is 1. The molecule has 0 aliphatic carbocycles. The zero-order chi connectivity index (χ0) is 23.1. The van der Waals surface area contributed by atoms with Crippen molar-refractivity contribution in [3.8, 4) is 5.75 Å². The fraction of sp³-hybridized carbons (Fsp3) is 0.538. The van der Waals surface area contributed by atoms with Gasteiger partial charge in [-0.15, -0.1) is 0 Å². The lowest BCUT2D eigenvalue weighted by Crippen LogP contribution is -2.37. The standard InChI is InChI=1S/C26H37N3O3/c1-6-16-31-23-11-9-8-10-21(23)17-28(7-2)22-13-15-29(18-22)25-24(20(5)12-14-27-25)26(30)32-19(3)4/h8-12,14,19,22H,6-7,13,15-18H2,1-5H3/t22-/m1/s1. The number of carbonyl (C=O) groups is 1. The fourth-order valence-corrected chi connectivity index (χ4v) is 4.25. The Labute approximate surface area is 192 Å². The van der Waals surface area contributed by atoms with Crippen LogP contribution in [-0.2, 0) is 11.3 Å². The van der Waals surface area contributed by atoms with Crippen molar-refractivity contribution in [2.75, 3.05) is 31.1 Å². The van der Waals surface area contributed by atoms with Crippen LogP contribution in [0.2, 0.25) is 0 Å². The first-order valence-electron chi connectivity index (χ1n) is 11.8. The first kappa shape index (κ1) is 24.1. The number of aryl methyl sites for hydroxylation is 1. The van der Waals surface area contributed by atoms with Crippen LogP contribution >= 0.6 is 0 Å². The quantitative estimate of drug-likeness (QED) is 0.494. The zero-order valence-corrected chi connectivity index (χ0v) is 20.1. The van der Waals surface area contributed by atoms with E-state index in [0.29, 0.717) is 11.6 Å². The van der Waals surface area contributed by atoms with Gasteiger partial charge in [0.15, 0.2) is 0 Å². The second-order valence-corrected chi connectivity index (χ2v) is 8.69. The summed E-state index contributed by atoms with van der Waals surface area (Å²) in [6.07, 6.45) is 3.64. The van der Waals surface area contributed by atoms with Gasteiger partial charge in [-0.3, -0.25) is 4.90 Å². The second-order valence-electron chi connectivity index (χ2n) is 8.69. The molecule has 0 bridgehead atoms. The molecule has 1 saturated heterocycles. The molecular weight excluding hydrogens is 402 g/mol. The summed E-state index contributed by atoms with van der Waals surface area (Å²) in [6.45, 7) is 14.2. The molecule has 2 heterocycles. The largest absolute Gasteiger partial charge is 0.493 e. The van der Waals surface area contributed by atoms with E-state index in [1.54, 1.807) is 6.20 Å². The molecule has 6 nitrogen and oxygen atoms in total. The number of pyridine rings is 1. The summed E-state index contributed by atoms with van der Waals surface area (Å²) in [4.78, 5) is 22.1. The molecule has 1 atom stereocenters. The molecule has 3 rings (SSSR count). The molecule has 0 radical (unpaired) electrons. The predicted octanol–water partition coefficient (Wildman–Crippen LogP) is 4.84. The van der Waals surface area contributed by atoms with Gasteiger partial charge in [0.1, 0.15) is 17.1 Å². The van der Waals surface area contributed by atoms with Crippen molar-refractivity contribution < 1.29 is 14.3 Å². The normalized spacial score (nSPS) is 16.1. The Bertz CT molecular complexity index is 900. The number of anilines is 1. The number of ether oxygens (including phenoxy) is 2. The molecule has 0 N–H and O–H groups in total. The first-order chi connectivity index (χ1) is 15.4. The molecule has 32 heavy (non-hydrogen) atoms. The van der Waals surface area contributed by atoms with E-state index in [1.165, 1.54) is 5.56 Å². The molecule has 1 aliphatic rings. The molecule has 0 saturated carbocycles.